The first kappa shape index (κ1) is 21.8. The third-order valence-corrected chi connectivity index (χ3v) is 4.51. The standard InChI is InChI=1S/C22H30O4/c1-5-17(3)20(15-23)10-9-16(2)7-6-8-18-13-19(22(25)26-4)11-12-21(24)14-18/h9-13,18,23H,3,5-8,14-15H2,1-2,4H3. The molecule has 0 aliphatic heterocycles. The van der Waals surface area contributed by atoms with Crippen LogP contribution in [0, 0.1) is 5.92 Å². The molecule has 4 heteroatoms. The summed E-state index contributed by atoms with van der Waals surface area (Å²) in [5.74, 6) is -0.330. The third kappa shape index (κ3) is 7.36. The van der Waals surface area contributed by atoms with Crippen LogP contribution in [0.5, 0.6) is 0 Å². The molecular formula is C22H30O4. The lowest BCUT2D eigenvalue weighted by Gasteiger charge is -2.11. The third-order valence-electron chi connectivity index (χ3n) is 4.51. The molecule has 0 radical (unpaired) electrons. The van der Waals surface area contributed by atoms with Crippen molar-refractivity contribution < 1.29 is 19.4 Å². The predicted molar refractivity (Wildman–Crippen MR) is 105 cm³/mol. The van der Waals surface area contributed by atoms with E-state index in [4.69, 9.17) is 4.74 Å². The molecule has 0 saturated carbocycles. The van der Waals surface area contributed by atoms with Crippen molar-refractivity contribution in [3.63, 3.8) is 0 Å². The Bertz CT molecular complexity index is 647. The Kier molecular flexibility index (Phi) is 9.60. The quantitative estimate of drug-likeness (QED) is 0.495. The summed E-state index contributed by atoms with van der Waals surface area (Å²) in [6.45, 7) is 8.01. The first-order valence-corrected chi connectivity index (χ1v) is 9.07. The number of rotatable bonds is 9. The minimum absolute atomic E-state index is 0.00522. The van der Waals surface area contributed by atoms with Crippen LogP contribution >= 0.6 is 0 Å². The zero-order valence-corrected chi connectivity index (χ0v) is 16.1. The van der Waals surface area contributed by atoms with Crippen molar-refractivity contribution in [1.82, 2.24) is 0 Å². The number of allylic oxidation sites excluding steroid dienone is 5. The average Bonchev–Trinajstić information content (AvgIpc) is 2.82. The lowest BCUT2D eigenvalue weighted by molar-refractivity contribution is -0.135. The van der Waals surface area contributed by atoms with E-state index >= 15 is 0 Å². The van der Waals surface area contributed by atoms with Crippen molar-refractivity contribution in [1.29, 1.82) is 0 Å². The van der Waals surface area contributed by atoms with Crippen molar-refractivity contribution in [2.24, 2.45) is 5.92 Å². The number of hydrogen-bond acceptors (Lipinski definition) is 4. The van der Waals surface area contributed by atoms with E-state index in [0.717, 1.165) is 36.8 Å². The van der Waals surface area contributed by atoms with Gasteiger partial charge in [-0.2, -0.15) is 0 Å². The molecule has 0 amide bonds. The highest BCUT2D eigenvalue weighted by Gasteiger charge is 2.17. The van der Waals surface area contributed by atoms with Crippen molar-refractivity contribution in [2.75, 3.05) is 13.7 Å². The van der Waals surface area contributed by atoms with E-state index in [1.54, 1.807) is 6.08 Å². The lowest BCUT2D eigenvalue weighted by Crippen LogP contribution is -2.06. The fourth-order valence-electron chi connectivity index (χ4n) is 2.80. The van der Waals surface area contributed by atoms with Crippen LogP contribution in [0.3, 0.4) is 0 Å². The lowest BCUT2D eigenvalue weighted by atomic mass is 9.94. The summed E-state index contributed by atoms with van der Waals surface area (Å²) in [7, 11) is 1.34. The second kappa shape index (κ2) is 11.4. The Balaban J connectivity index is 2.64. The summed E-state index contributed by atoms with van der Waals surface area (Å²) < 4.78 is 4.75. The molecule has 0 aromatic heterocycles. The maximum Gasteiger partial charge on any atom is 0.337 e. The summed E-state index contributed by atoms with van der Waals surface area (Å²) in [6, 6.07) is 0. The molecule has 0 aromatic rings. The van der Waals surface area contributed by atoms with E-state index < -0.39 is 5.97 Å². The van der Waals surface area contributed by atoms with Gasteiger partial charge < -0.3 is 9.84 Å². The minimum atomic E-state index is -0.408. The summed E-state index contributed by atoms with van der Waals surface area (Å²) in [4.78, 5) is 23.5. The first-order valence-electron chi connectivity index (χ1n) is 9.07. The fraction of sp³-hybridized carbons (Fsp3) is 0.455. The molecule has 0 aromatic carbocycles. The minimum Gasteiger partial charge on any atom is -0.465 e. The molecule has 0 fully saturated rings. The number of carbonyl (C=O) groups is 2. The summed E-state index contributed by atoms with van der Waals surface area (Å²) >= 11 is 0. The fourth-order valence-corrected chi connectivity index (χ4v) is 2.80. The van der Waals surface area contributed by atoms with E-state index in [9.17, 15) is 14.7 Å². The van der Waals surface area contributed by atoms with Crippen molar-refractivity contribution in [3.05, 3.63) is 59.3 Å². The summed E-state index contributed by atoms with van der Waals surface area (Å²) in [5.41, 5.74) is 3.46. The van der Waals surface area contributed by atoms with Crippen molar-refractivity contribution >= 4 is 11.8 Å². The van der Waals surface area contributed by atoms with Crippen LogP contribution in [-0.4, -0.2) is 30.6 Å². The van der Waals surface area contributed by atoms with Crippen molar-refractivity contribution in [2.45, 2.75) is 46.0 Å². The molecule has 26 heavy (non-hydrogen) atoms. The number of ketones is 1. The van der Waals surface area contributed by atoms with Crippen LogP contribution in [0.4, 0.5) is 0 Å². The molecule has 0 heterocycles. The molecule has 1 aliphatic rings. The predicted octanol–water partition coefficient (Wildman–Crippen LogP) is 4.23. The number of ether oxygens (including phenoxy) is 1. The molecule has 4 nitrogen and oxygen atoms in total. The highest BCUT2D eigenvalue weighted by molar-refractivity contribution is 5.97. The molecule has 1 aliphatic carbocycles. The van der Waals surface area contributed by atoms with Gasteiger partial charge in [0.25, 0.3) is 0 Å². The van der Waals surface area contributed by atoms with Gasteiger partial charge in [-0.05, 0) is 61.8 Å². The van der Waals surface area contributed by atoms with E-state index in [0.29, 0.717) is 12.0 Å². The van der Waals surface area contributed by atoms with Crippen LogP contribution in [0.15, 0.2) is 59.3 Å². The largest absolute Gasteiger partial charge is 0.465 e. The summed E-state index contributed by atoms with van der Waals surface area (Å²) in [5, 5.41) is 9.39. The first-order chi connectivity index (χ1) is 12.4. The van der Waals surface area contributed by atoms with Gasteiger partial charge in [-0.15, -0.1) is 0 Å². The molecule has 1 unspecified atom stereocenters. The van der Waals surface area contributed by atoms with E-state index in [1.807, 2.05) is 25.2 Å². The molecule has 142 valence electrons. The monoisotopic (exact) mass is 358 g/mol. The number of esters is 1. The van der Waals surface area contributed by atoms with Gasteiger partial charge in [-0.25, -0.2) is 4.79 Å². The van der Waals surface area contributed by atoms with E-state index in [1.165, 1.54) is 18.8 Å². The number of carbonyl (C=O) groups excluding carboxylic acids is 2. The second-order valence-electron chi connectivity index (χ2n) is 6.59. The Morgan fingerprint density at radius 2 is 2.12 bits per heavy atom. The normalized spacial score (nSPS) is 18.4. The number of methoxy groups -OCH3 is 1. The smallest absolute Gasteiger partial charge is 0.337 e. The summed E-state index contributed by atoms with van der Waals surface area (Å²) in [6.07, 6.45) is 12.7. The molecule has 0 spiro atoms. The highest BCUT2D eigenvalue weighted by Crippen LogP contribution is 2.22. The molecular weight excluding hydrogens is 328 g/mol. The molecule has 1 rings (SSSR count). The highest BCUT2D eigenvalue weighted by atomic mass is 16.5. The van der Waals surface area contributed by atoms with Gasteiger partial charge in [0.15, 0.2) is 5.78 Å². The number of hydrogen-bond donors (Lipinski definition) is 1. The molecule has 1 atom stereocenters. The number of aliphatic hydroxyl groups excluding tert-OH is 1. The SMILES string of the molecule is C=C(CC)C(=CC=C(C)CCCC1C=C(C(=O)OC)C=CC(=O)C1)CO. The Morgan fingerprint density at radius 1 is 1.38 bits per heavy atom. The zero-order valence-electron chi connectivity index (χ0n) is 16.1. The molecule has 1 N–H and O–H groups in total. The van der Waals surface area contributed by atoms with Gasteiger partial charge in [0.2, 0.25) is 0 Å². The van der Waals surface area contributed by atoms with Crippen LogP contribution in [-0.2, 0) is 14.3 Å². The van der Waals surface area contributed by atoms with E-state index in [2.05, 4.69) is 13.5 Å². The zero-order chi connectivity index (χ0) is 19.5. The van der Waals surface area contributed by atoms with Crippen LogP contribution in [0.1, 0.15) is 46.0 Å². The molecule has 0 saturated heterocycles. The maximum absolute atomic E-state index is 11.8. The van der Waals surface area contributed by atoms with Gasteiger partial charge in [0.1, 0.15) is 0 Å². The van der Waals surface area contributed by atoms with E-state index in [-0.39, 0.29) is 18.3 Å². The topological polar surface area (TPSA) is 63.6 Å². The van der Waals surface area contributed by atoms with Crippen LogP contribution in [0.25, 0.3) is 0 Å². The Morgan fingerprint density at radius 3 is 2.73 bits per heavy atom. The van der Waals surface area contributed by atoms with Gasteiger partial charge in [-0.3, -0.25) is 4.79 Å². The Labute approximate surface area is 156 Å². The van der Waals surface area contributed by atoms with Gasteiger partial charge in [-0.1, -0.05) is 37.3 Å². The van der Waals surface area contributed by atoms with Gasteiger partial charge >= 0.3 is 5.97 Å². The molecule has 0 bridgehead atoms. The maximum atomic E-state index is 11.8. The number of aliphatic hydroxyl groups is 1. The van der Waals surface area contributed by atoms with Crippen LogP contribution in [0.2, 0.25) is 0 Å². The van der Waals surface area contributed by atoms with Crippen LogP contribution < -0.4 is 0 Å². The second-order valence-corrected chi connectivity index (χ2v) is 6.59. The Hall–Kier alpha value is -2.20. The average molecular weight is 358 g/mol. The van der Waals surface area contributed by atoms with Gasteiger partial charge in [0, 0.05) is 6.42 Å². The van der Waals surface area contributed by atoms with Crippen molar-refractivity contribution in [3.8, 4) is 0 Å². The van der Waals surface area contributed by atoms with Gasteiger partial charge in [0.05, 0.1) is 19.3 Å².